The molecule has 0 amide bonds. The van der Waals surface area contributed by atoms with Crippen LogP contribution in [0.15, 0.2) is 18.2 Å². The van der Waals surface area contributed by atoms with Gasteiger partial charge in [0, 0.05) is 24.8 Å². The number of rotatable bonds is 1. The molecule has 3 aliphatic rings. The molecular weight excluding hydrogens is 357 g/mol. The lowest BCUT2D eigenvalue weighted by Gasteiger charge is -2.44. The van der Waals surface area contributed by atoms with E-state index in [1.54, 1.807) is 0 Å². The first-order chi connectivity index (χ1) is 11.6. The van der Waals surface area contributed by atoms with Crippen LogP contribution in [-0.2, 0) is 11.0 Å². The highest BCUT2D eigenvalue weighted by Crippen LogP contribution is 2.68. The fourth-order valence-electron chi connectivity index (χ4n) is 4.65. The van der Waals surface area contributed by atoms with Crippen molar-refractivity contribution in [3.05, 3.63) is 29.3 Å². The van der Waals surface area contributed by atoms with Gasteiger partial charge in [0.15, 0.2) is 0 Å². The molecule has 1 aromatic carbocycles. The number of ketones is 1. The molecule has 25 heavy (non-hydrogen) atoms. The topological polar surface area (TPSA) is 84.6 Å². The molecule has 0 unspecified atom stereocenters. The molecule has 3 fully saturated rings. The maximum atomic E-state index is 13.2. The van der Waals surface area contributed by atoms with Gasteiger partial charge in [-0.1, -0.05) is 0 Å². The molecule has 2 aliphatic carbocycles. The Kier molecular flexibility index (Phi) is 3.42. The Morgan fingerprint density at radius 1 is 1.32 bits per heavy atom. The Balaban J connectivity index is 1.74. The number of hydrogen-bond acceptors (Lipinski definition) is 5. The monoisotopic (exact) mass is 372 g/mol. The fourth-order valence-corrected chi connectivity index (χ4v) is 7.22. The normalized spacial score (nSPS) is 34.1. The molecule has 0 aromatic heterocycles. The van der Waals surface area contributed by atoms with E-state index in [2.05, 4.69) is 0 Å². The number of alkyl halides is 3. The van der Waals surface area contributed by atoms with Crippen LogP contribution in [0.1, 0.15) is 24.0 Å². The molecular formula is C16H15F3N2O3S. The predicted octanol–water partition coefficient (Wildman–Crippen LogP) is 3.66. The SMILES string of the molecule is N#Cc1ccc(N2C[C@@H]3[C@@H]([C@@H]4CC(=O)[C@H]3C4)S2(O)O)cc1C(F)(F)F. The van der Waals surface area contributed by atoms with Crippen LogP contribution in [0.5, 0.6) is 0 Å². The molecule has 4 rings (SSSR count). The minimum atomic E-state index is -4.71. The number of fused-ring (bicyclic) bond motifs is 5. The summed E-state index contributed by atoms with van der Waals surface area (Å²) in [6.07, 6.45) is -3.76. The van der Waals surface area contributed by atoms with Crippen molar-refractivity contribution < 1.29 is 27.1 Å². The van der Waals surface area contributed by atoms with Gasteiger partial charge in [-0.25, -0.2) is 0 Å². The van der Waals surface area contributed by atoms with E-state index in [0.29, 0.717) is 12.8 Å². The molecule has 2 N–H and O–H groups in total. The van der Waals surface area contributed by atoms with Crippen molar-refractivity contribution in [3.63, 3.8) is 0 Å². The fraction of sp³-hybridized carbons (Fsp3) is 0.500. The van der Waals surface area contributed by atoms with Crippen LogP contribution in [-0.4, -0.2) is 26.7 Å². The van der Waals surface area contributed by atoms with E-state index in [9.17, 15) is 27.1 Å². The van der Waals surface area contributed by atoms with Gasteiger partial charge in [0.25, 0.3) is 0 Å². The summed E-state index contributed by atoms with van der Waals surface area (Å²) in [5.41, 5.74) is -1.59. The zero-order valence-electron chi connectivity index (χ0n) is 12.9. The highest BCUT2D eigenvalue weighted by atomic mass is 32.3. The van der Waals surface area contributed by atoms with Crippen molar-refractivity contribution in [2.24, 2.45) is 17.8 Å². The van der Waals surface area contributed by atoms with Gasteiger partial charge in [0.05, 0.1) is 28.1 Å². The van der Waals surface area contributed by atoms with Crippen LogP contribution < -0.4 is 4.31 Å². The molecule has 1 aromatic rings. The summed E-state index contributed by atoms with van der Waals surface area (Å²) in [6, 6.07) is 4.64. The molecule has 4 atom stereocenters. The highest BCUT2D eigenvalue weighted by Gasteiger charge is 2.62. The third kappa shape index (κ3) is 2.28. The van der Waals surface area contributed by atoms with Crippen molar-refractivity contribution >= 4 is 22.2 Å². The highest BCUT2D eigenvalue weighted by molar-refractivity contribution is 8.26. The quantitative estimate of drug-likeness (QED) is 0.786. The summed E-state index contributed by atoms with van der Waals surface area (Å²) in [5, 5.41) is 8.41. The number of nitrogens with zero attached hydrogens (tertiary/aromatic N) is 2. The second-order valence-electron chi connectivity index (χ2n) is 6.86. The smallest absolute Gasteiger partial charge is 0.299 e. The van der Waals surface area contributed by atoms with Crippen molar-refractivity contribution in [1.29, 1.82) is 5.26 Å². The Bertz CT molecular complexity index is 805. The van der Waals surface area contributed by atoms with Crippen molar-refractivity contribution in [3.8, 4) is 6.07 Å². The number of Topliss-reactive ketones (excluding diaryl/α,β-unsaturated/α-hetero) is 1. The Morgan fingerprint density at radius 2 is 2.04 bits per heavy atom. The lowest BCUT2D eigenvalue weighted by atomic mass is 9.87. The van der Waals surface area contributed by atoms with E-state index in [0.717, 1.165) is 12.1 Å². The largest absolute Gasteiger partial charge is 0.417 e. The number of carbonyl (C=O) groups is 1. The van der Waals surface area contributed by atoms with Crippen LogP contribution in [0.2, 0.25) is 0 Å². The van der Waals surface area contributed by atoms with Crippen LogP contribution in [0.3, 0.4) is 0 Å². The molecule has 9 heteroatoms. The predicted molar refractivity (Wildman–Crippen MR) is 84.9 cm³/mol. The first-order valence-corrected chi connectivity index (χ1v) is 9.40. The van der Waals surface area contributed by atoms with Gasteiger partial charge in [-0.05, 0) is 30.5 Å². The standard InChI is InChI=1S/C16H15F3N2O3S/c17-16(18,19)13-5-10(2-1-8(13)6-20)21-7-12-11-3-9(4-14(11)22)15(12)25(21,23)24/h1-2,5,9,11-12,15,23-24H,3-4,7H2/t9-,11-,12-,15+/m0/s1. The van der Waals surface area contributed by atoms with Gasteiger partial charge < -0.3 is 0 Å². The van der Waals surface area contributed by atoms with Gasteiger partial charge in [0.2, 0.25) is 0 Å². The van der Waals surface area contributed by atoms with Gasteiger partial charge in [0.1, 0.15) is 5.78 Å². The molecule has 0 radical (unpaired) electrons. The average molecular weight is 372 g/mol. The number of hydrogen-bond donors (Lipinski definition) is 2. The van der Waals surface area contributed by atoms with E-state index >= 15 is 0 Å². The third-order valence-electron chi connectivity index (χ3n) is 5.62. The van der Waals surface area contributed by atoms with Gasteiger partial charge in [-0.2, -0.15) is 18.4 Å². The maximum Gasteiger partial charge on any atom is 0.417 e. The minimum Gasteiger partial charge on any atom is -0.299 e. The lowest BCUT2D eigenvalue weighted by Crippen LogP contribution is -2.32. The minimum absolute atomic E-state index is 0.0209. The zero-order chi connectivity index (χ0) is 18.1. The Morgan fingerprint density at radius 3 is 2.68 bits per heavy atom. The first-order valence-electron chi connectivity index (χ1n) is 7.83. The first kappa shape index (κ1) is 16.7. The molecule has 2 saturated carbocycles. The van der Waals surface area contributed by atoms with Gasteiger partial charge in [-0.3, -0.25) is 18.2 Å². The number of nitriles is 1. The second-order valence-corrected chi connectivity index (χ2v) is 8.97. The van der Waals surface area contributed by atoms with Gasteiger partial charge in [-0.15, -0.1) is 10.8 Å². The molecule has 1 aliphatic heterocycles. The summed E-state index contributed by atoms with van der Waals surface area (Å²) in [4.78, 5) is 11.9. The molecule has 1 saturated heterocycles. The van der Waals surface area contributed by atoms with E-state index in [4.69, 9.17) is 5.26 Å². The van der Waals surface area contributed by atoms with Crippen LogP contribution in [0, 0.1) is 29.1 Å². The van der Waals surface area contributed by atoms with Crippen molar-refractivity contribution in [1.82, 2.24) is 0 Å². The number of anilines is 1. The second kappa shape index (κ2) is 5.13. The summed E-state index contributed by atoms with van der Waals surface area (Å²) in [6.45, 7) is 0.142. The van der Waals surface area contributed by atoms with Crippen molar-refractivity contribution in [2.45, 2.75) is 24.3 Å². The number of carbonyl (C=O) groups excluding carboxylic acids is 1. The van der Waals surface area contributed by atoms with E-state index < -0.39 is 33.3 Å². The molecule has 1 heterocycles. The van der Waals surface area contributed by atoms with E-state index in [1.807, 2.05) is 0 Å². The van der Waals surface area contributed by atoms with E-state index in [1.165, 1.54) is 16.4 Å². The number of benzene rings is 1. The van der Waals surface area contributed by atoms with Crippen LogP contribution >= 0.6 is 10.8 Å². The number of halogens is 3. The van der Waals surface area contributed by atoms with Crippen LogP contribution in [0.25, 0.3) is 0 Å². The molecule has 0 spiro atoms. The van der Waals surface area contributed by atoms with Gasteiger partial charge >= 0.3 is 6.18 Å². The van der Waals surface area contributed by atoms with Crippen molar-refractivity contribution in [2.75, 3.05) is 10.8 Å². The van der Waals surface area contributed by atoms with E-state index in [-0.39, 0.29) is 35.8 Å². The molecule has 5 nitrogen and oxygen atoms in total. The molecule has 2 bridgehead atoms. The average Bonchev–Trinajstić information content (AvgIpc) is 3.15. The maximum absolute atomic E-state index is 13.2. The van der Waals surface area contributed by atoms with Crippen LogP contribution in [0.4, 0.5) is 18.9 Å². The third-order valence-corrected chi connectivity index (χ3v) is 8.09. The Labute approximate surface area is 143 Å². The summed E-state index contributed by atoms with van der Waals surface area (Å²) >= 11 is 0. The summed E-state index contributed by atoms with van der Waals surface area (Å²) in [7, 11) is -3.32. The summed E-state index contributed by atoms with van der Waals surface area (Å²) in [5.74, 6) is -0.468. The lowest BCUT2D eigenvalue weighted by molar-refractivity contribution is -0.137. The Hall–Kier alpha value is -1.76. The summed E-state index contributed by atoms with van der Waals surface area (Å²) < 4.78 is 62.2. The molecule has 134 valence electrons. The zero-order valence-corrected chi connectivity index (χ0v) is 13.7.